The summed E-state index contributed by atoms with van der Waals surface area (Å²) in [7, 11) is 3.48. The predicted octanol–water partition coefficient (Wildman–Crippen LogP) is 3.35. The number of benzene rings is 1. The number of nitrogens with two attached hydrogens (primary N) is 1. The van der Waals surface area contributed by atoms with Crippen LogP contribution in [0, 0.1) is 17.7 Å². The lowest BCUT2D eigenvalue weighted by atomic mass is 9.95. The molecule has 2 fully saturated rings. The van der Waals surface area contributed by atoms with E-state index in [2.05, 4.69) is 15.4 Å². The molecule has 5 rings (SSSR count). The molecular formula is C23H26ClFN7O3S-. The predicted molar refractivity (Wildman–Crippen MR) is 134 cm³/mol. The van der Waals surface area contributed by atoms with Crippen LogP contribution >= 0.6 is 11.6 Å². The molecule has 2 aliphatic carbocycles. The number of hydrogen-bond donors (Lipinski definition) is 2. The van der Waals surface area contributed by atoms with Gasteiger partial charge < -0.3 is 20.2 Å². The summed E-state index contributed by atoms with van der Waals surface area (Å²) in [6, 6.07) is 3.80. The topological polar surface area (TPSA) is 134 Å². The van der Waals surface area contributed by atoms with E-state index in [9.17, 15) is 17.9 Å². The zero-order chi connectivity index (χ0) is 25.7. The summed E-state index contributed by atoms with van der Waals surface area (Å²) < 4.78 is 42.1. The number of aryl methyl sites for hydroxylation is 2. The summed E-state index contributed by atoms with van der Waals surface area (Å²) in [5.41, 5.74) is 7.51. The van der Waals surface area contributed by atoms with E-state index in [1.165, 1.54) is 27.2 Å². The van der Waals surface area contributed by atoms with Gasteiger partial charge in [-0.05, 0) is 55.7 Å². The molecule has 0 saturated heterocycles. The van der Waals surface area contributed by atoms with Crippen molar-refractivity contribution in [3.05, 3.63) is 52.8 Å². The molecule has 1 aromatic carbocycles. The second-order valence-electron chi connectivity index (χ2n) is 9.61. The van der Waals surface area contributed by atoms with Crippen LogP contribution in [-0.4, -0.2) is 40.0 Å². The maximum Gasteiger partial charge on any atom is 0.261 e. The first kappa shape index (κ1) is 24.7. The van der Waals surface area contributed by atoms with E-state index in [-0.39, 0.29) is 22.8 Å². The fourth-order valence-electron chi connectivity index (χ4n) is 5.74. The molecule has 3 atom stereocenters. The minimum Gasteiger partial charge on any atom is -0.755 e. The van der Waals surface area contributed by atoms with Gasteiger partial charge in [0.05, 0.1) is 17.0 Å². The van der Waals surface area contributed by atoms with Crippen LogP contribution in [0.4, 0.5) is 21.7 Å². The maximum absolute atomic E-state index is 13.5. The van der Waals surface area contributed by atoms with E-state index in [0.717, 1.165) is 12.8 Å². The number of halogens is 2. The molecule has 36 heavy (non-hydrogen) atoms. The molecule has 2 aliphatic rings. The first-order valence-corrected chi connectivity index (χ1v) is 13.0. The molecule has 192 valence electrons. The van der Waals surface area contributed by atoms with Crippen molar-refractivity contribution in [2.45, 2.75) is 37.6 Å². The lowest BCUT2D eigenvalue weighted by Crippen LogP contribution is -2.36. The number of nitrogens with one attached hydrogen (secondary N) is 1. The van der Waals surface area contributed by atoms with Crippen molar-refractivity contribution < 1.29 is 17.9 Å². The SMILES string of the molecule is Cn1cnc(N(C2CC3CC(c4nn(C)c(N)c4C(=O)Nc4ccc(F)c(Cl)c4)CC3C2)S(=O)[O-])c1. The Labute approximate surface area is 215 Å². The van der Waals surface area contributed by atoms with E-state index in [1.54, 1.807) is 31.2 Å². The molecule has 3 aromatic rings. The quantitative estimate of drug-likeness (QED) is 0.466. The number of nitrogens with zero attached hydrogens (tertiary/aromatic N) is 5. The highest BCUT2D eigenvalue weighted by Gasteiger charge is 2.46. The van der Waals surface area contributed by atoms with E-state index < -0.39 is 23.0 Å². The third-order valence-electron chi connectivity index (χ3n) is 7.31. The number of imidazole rings is 1. The Kier molecular flexibility index (Phi) is 6.52. The lowest BCUT2D eigenvalue weighted by molar-refractivity contribution is 0.102. The van der Waals surface area contributed by atoms with Gasteiger partial charge in [0.2, 0.25) is 0 Å². The molecule has 3 unspecified atom stereocenters. The minimum atomic E-state index is -2.43. The molecule has 13 heteroatoms. The highest BCUT2D eigenvalue weighted by Crippen LogP contribution is 2.52. The third-order valence-corrected chi connectivity index (χ3v) is 8.41. The number of carbonyl (C=O) groups is 1. The van der Waals surface area contributed by atoms with E-state index in [1.807, 2.05) is 0 Å². The summed E-state index contributed by atoms with van der Waals surface area (Å²) in [5.74, 6) is 0.266. The van der Waals surface area contributed by atoms with Crippen LogP contribution in [0.2, 0.25) is 5.02 Å². The van der Waals surface area contributed by atoms with Gasteiger partial charge in [-0.2, -0.15) is 5.10 Å². The molecule has 1 amide bonds. The first-order valence-electron chi connectivity index (χ1n) is 11.6. The molecule has 3 N–H and O–H groups in total. The smallest absolute Gasteiger partial charge is 0.261 e. The minimum absolute atomic E-state index is 0.0167. The summed E-state index contributed by atoms with van der Waals surface area (Å²) in [6.45, 7) is 0. The largest absolute Gasteiger partial charge is 0.755 e. The molecular weight excluding hydrogens is 509 g/mol. The van der Waals surface area contributed by atoms with Gasteiger partial charge in [0.1, 0.15) is 17.2 Å². The Morgan fingerprint density at radius 3 is 2.56 bits per heavy atom. The number of aromatic nitrogens is 4. The van der Waals surface area contributed by atoms with Crippen molar-refractivity contribution in [2.24, 2.45) is 25.9 Å². The Hall–Kier alpha value is -2.96. The summed E-state index contributed by atoms with van der Waals surface area (Å²) in [6.07, 6.45) is 6.26. The second kappa shape index (κ2) is 9.49. The van der Waals surface area contributed by atoms with E-state index in [0.29, 0.717) is 47.4 Å². The van der Waals surface area contributed by atoms with Gasteiger partial charge in [-0.15, -0.1) is 0 Å². The first-order chi connectivity index (χ1) is 17.1. The maximum atomic E-state index is 13.5. The average Bonchev–Trinajstić information content (AvgIpc) is 3.55. The van der Waals surface area contributed by atoms with Gasteiger partial charge in [0.25, 0.3) is 5.91 Å². The number of rotatable bonds is 6. The lowest BCUT2D eigenvalue weighted by Gasteiger charge is -2.31. The van der Waals surface area contributed by atoms with Crippen LogP contribution in [0.3, 0.4) is 0 Å². The van der Waals surface area contributed by atoms with Gasteiger partial charge in [-0.1, -0.05) is 11.6 Å². The molecule has 0 aliphatic heterocycles. The van der Waals surface area contributed by atoms with Crippen LogP contribution in [0.25, 0.3) is 0 Å². The average molecular weight is 535 g/mol. The van der Waals surface area contributed by atoms with Crippen LogP contribution < -0.4 is 15.4 Å². The molecule has 0 bridgehead atoms. The van der Waals surface area contributed by atoms with Gasteiger partial charge in [-0.25, -0.2) is 9.37 Å². The van der Waals surface area contributed by atoms with Gasteiger partial charge >= 0.3 is 0 Å². The highest BCUT2D eigenvalue weighted by atomic mass is 35.5. The van der Waals surface area contributed by atoms with Crippen molar-refractivity contribution >= 4 is 46.1 Å². The molecule has 2 saturated carbocycles. The van der Waals surface area contributed by atoms with Gasteiger partial charge in [0.15, 0.2) is 5.82 Å². The van der Waals surface area contributed by atoms with Crippen molar-refractivity contribution in [3.63, 3.8) is 0 Å². The van der Waals surface area contributed by atoms with Crippen molar-refractivity contribution in [2.75, 3.05) is 15.4 Å². The zero-order valence-electron chi connectivity index (χ0n) is 19.7. The van der Waals surface area contributed by atoms with Crippen molar-refractivity contribution in [1.82, 2.24) is 19.3 Å². The Morgan fingerprint density at radius 2 is 1.97 bits per heavy atom. The molecule has 0 spiro atoms. The molecule has 0 radical (unpaired) electrons. The summed E-state index contributed by atoms with van der Waals surface area (Å²) in [5, 5.41) is 7.22. The number of nitrogen functional groups attached to an aromatic ring is 1. The fraction of sp³-hybridized carbons (Fsp3) is 0.435. The monoisotopic (exact) mass is 534 g/mol. The molecule has 2 heterocycles. The molecule has 10 nitrogen and oxygen atoms in total. The van der Waals surface area contributed by atoms with E-state index in [4.69, 9.17) is 17.3 Å². The highest BCUT2D eigenvalue weighted by molar-refractivity contribution is 7.80. The third kappa shape index (κ3) is 4.48. The number of amides is 1. The second-order valence-corrected chi connectivity index (χ2v) is 10.8. The Bertz CT molecular complexity index is 1330. The summed E-state index contributed by atoms with van der Waals surface area (Å²) in [4.78, 5) is 17.4. The molecule has 2 aromatic heterocycles. The number of anilines is 3. The number of carbonyl (C=O) groups excluding carboxylic acids is 1. The number of hydrogen-bond acceptors (Lipinski definition) is 6. The van der Waals surface area contributed by atoms with Gasteiger partial charge in [-0.3, -0.25) is 18.0 Å². The number of fused-ring (bicyclic) bond motifs is 1. The normalized spacial score (nSPS) is 24.0. The van der Waals surface area contributed by atoms with Crippen LogP contribution in [-0.2, 0) is 25.4 Å². The van der Waals surface area contributed by atoms with Crippen LogP contribution in [0.1, 0.15) is 47.7 Å². The fourth-order valence-corrected chi connectivity index (χ4v) is 6.58. The van der Waals surface area contributed by atoms with E-state index >= 15 is 0 Å². The van der Waals surface area contributed by atoms with Crippen molar-refractivity contribution in [3.8, 4) is 0 Å². The standard InChI is InChI=1S/C23H27ClFN7O3S/c1-30-10-19(27-11-30)32(36(34)35)16-7-12-5-14(6-13(12)8-16)21-20(22(26)31(2)29-21)23(33)28-15-3-4-18(25)17(24)9-15/h3-4,9-14,16H,5-8,26H2,1-2H3,(H,28,33)(H,34,35)/p-1. The van der Waals surface area contributed by atoms with Crippen molar-refractivity contribution in [1.29, 1.82) is 0 Å². The Morgan fingerprint density at radius 1 is 1.28 bits per heavy atom. The van der Waals surface area contributed by atoms with Crippen LogP contribution in [0.5, 0.6) is 0 Å². The van der Waals surface area contributed by atoms with Crippen LogP contribution in [0.15, 0.2) is 30.7 Å². The Balaban J connectivity index is 1.33. The van der Waals surface area contributed by atoms with Gasteiger partial charge in [0, 0.05) is 49.2 Å². The summed E-state index contributed by atoms with van der Waals surface area (Å²) >= 11 is 3.42. The zero-order valence-corrected chi connectivity index (χ0v) is 21.3.